The zero-order valence-corrected chi connectivity index (χ0v) is 6.98. The number of likely N-dealkylation sites (N-methyl/N-ethyl adjacent to an activating group) is 1. The van der Waals surface area contributed by atoms with Crippen LogP contribution in [0.15, 0.2) is 0 Å². The van der Waals surface area contributed by atoms with Gasteiger partial charge in [0.15, 0.2) is 0 Å². The van der Waals surface area contributed by atoms with E-state index >= 15 is 0 Å². The average molecular weight is 144 g/mol. The van der Waals surface area contributed by atoms with E-state index in [4.69, 9.17) is 4.74 Å². The quantitative estimate of drug-likeness (QED) is 0.580. The molecule has 3 nitrogen and oxygen atoms in total. The zero-order chi connectivity index (χ0) is 7.61. The second kappa shape index (κ2) is 2.86. The standard InChI is InChI=1S/C7H16N2O/c1-9(2)6-7(10-3)4-8-5-7/h8H,4-6H2,1-3H3. The van der Waals surface area contributed by atoms with Crippen molar-refractivity contribution in [1.82, 2.24) is 10.2 Å². The number of nitrogens with one attached hydrogen (secondary N) is 1. The first kappa shape index (κ1) is 7.98. The average Bonchev–Trinajstić information content (AvgIpc) is 1.78. The van der Waals surface area contributed by atoms with Crippen LogP contribution in [0.4, 0.5) is 0 Å². The maximum absolute atomic E-state index is 5.38. The normalized spacial score (nSPS) is 22.8. The Labute approximate surface area is 62.3 Å². The molecule has 1 fully saturated rings. The molecule has 60 valence electrons. The molecule has 0 saturated carbocycles. The van der Waals surface area contributed by atoms with Gasteiger partial charge < -0.3 is 15.0 Å². The molecule has 0 aromatic heterocycles. The van der Waals surface area contributed by atoms with E-state index in [0.29, 0.717) is 0 Å². The van der Waals surface area contributed by atoms with Gasteiger partial charge >= 0.3 is 0 Å². The number of ether oxygens (including phenoxy) is 1. The number of nitrogens with zero attached hydrogens (tertiary/aromatic N) is 1. The third-order valence-electron chi connectivity index (χ3n) is 1.93. The molecule has 0 bridgehead atoms. The summed E-state index contributed by atoms with van der Waals surface area (Å²) in [4.78, 5) is 2.16. The lowest BCUT2D eigenvalue weighted by molar-refractivity contribution is -0.0652. The van der Waals surface area contributed by atoms with Crippen LogP contribution in [0, 0.1) is 0 Å². The molecule has 1 rings (SSSR count). The fraction of sp³-hybridized carbons (Fsp3) is 1.00. The van der Waals surface area contributed by atoms with E-state index in [9.17, 15) is 0 Å². The van der Waals surface area contributed by atoms with Crippen molar-refractivity contribution in [3.63, 3.8) is 0 Å². The summed E-state index contributed by atoms with van der Waals surface area (Å²) in [5.41, 5.74) is 0.101. The van der Waals surface area contributed by atoms with Crippen LogP contribution >= 0.6 is 0 Å². The summed E-state index contributed by atoms with van der Waals surface area (Å²) in [5.74, 6) is 0. The fourth-order valence-electron chi connectivity index (χ4n) is 1.30. The Bertz CT molecular complexity index is 105. The molecule has 0 amide bonds. The number of methoxy groups -OCH3 is 1. The van der Waals surface area contributed by atoms with Crippen LogP contribution in [-0.2, 0) is 4.74 Å². The van der Waals surface area contributed by atoms with Crippen molar-refractivity contribution in [2.75, 3.05) is 40.8 Å². The first-order valence-electron chi connectivity index (χ1n) is 3.59. The molecule has 1 N–H and O–H groups in total. The molecular weight excluding hydrogens is 128 g/mol. The lowest BCUT2D eigenvalue weighted by atomic mass is 9.96. The second-order valence-electron chi connectivity index (χ2n) is 3.23. The molecular formula is C7H16N2O. The summed E-state index contributed by atoms with van der Waals surface area (Å²) >= 11 is 0. The molecule has 3 heteroatoms. The Morgan fingerprint density at radius 3 is 2.20 bits per heavy atom. The lowest BCUT2D eigenvalue weighted by Crippen LogP contribution is -2.64. The first-order chi connectivity index (χ1) is 4.68. The van der Waals surface area contributed by atoms with E-state index in [1.165, 1.54) is 0 Å². The van der Waals surface area contributed by atoms with Crippen LogP contribution in [-0.4, -0.2) is 51.3 Å². The maximum atomic E-state index is 5.38. The van der Waals surface area contributed by atoms with Crippen LogP contribution < -0.4 is 5.32 Å². The van der Waals surface area contributed by atoms with Crippen LogP contribution in [0.2, 0.25) is 0 Å². The van der Waals surface area contributed by atoms with Gasteiger partial charge in [0, 0.05) is 26.7 Å². The maximum Gasteiger partial charge on any atom is 0.105 e. The van der Waals surface area contributed by atoms with Gasteiger partial charge in [0.1, 0.15) is 5.60 Å². The van der Waals surface area contributed by atoms with Gasteiger partial charge in [0.25, 0.3) is 0 Å². The van der Waals surface area contributed by atoms with Gasteiger partial charge in [-0.2, -0.15) is 0 Å². The summed E-state index contributed by atoms with van der Waals surface area (Å²) in [6, 6.07) is 0. The van der Waals surface area contributed by atoms with Crippen molar-refractivity contribution in [3.8, 4) is 0 Å². The molecule has 0 atom stereocenters. The molecule has 10 heavy (non-hydrogen) atoms. The van der Waals surface area contributed by atoms with E-state index in [2.05, 4.69) is 24.3 Å². The molecule has 0 unspecified atom stereocenters. The Kier molecular flexibility index (Phi) is 2.28. The largest absolute Gasteiger partial charge is 0.374 e. The molecule has 1 aliphatic heterocycles. The molecule has 0 aliphatic carbocycles. The molecule has 1 heterocycles. The van der Waals surface area contributed by atoms with Crippen LogP contribution in [0.1, 0.15) is 0 Å². The highest BCUT2D eigenvalue weighted by Gasteiger charge is 2.37. The molecule has 0 radical (unpaired) electrons. The number of hydrogen-bond acceptors (Lipinski definition) is 3. The van der Waals surface area contributed by atoms with Gasteiger partial charge in [0.2, 0.25) is 0 Å². The predicted octanol–water partition coefficient (Wildman–Crippen LogP) is -0.464. The van der Waals surface area contributed by atoms with Crippen molar-refractivity contribution in [3.05, 3.63) is 0 Å². The minimum absolute atomic E-state index is 0.101. The highest BCUT2D eigenvalue weighted by atomic mass is 16.5. The number of rotatable bonds is 3. The Morgan fingerprint density at radius 1 is 1.50 bits per heavy atom. The minimum Gasteiger partial charge on any atom is -0.374 e. The van der Waals surface area contributed by atoms with Crippen LogP contribution in [0.5, 0.6) is 0 Å². The summed E-state index contributed by atoms with van der Waals surface area (Å²) in [5, 5.41) is 3.21. The number of hydrogen-bond donors (Lipinski definition) is 1. The Hall–Kier alpha value is -0.120. The highest BCUT2D eigenvalue weighted by Crippen LogP contribution is 2.15. The van der Waals surface area contributed by atoms with E-state index in [1.54, 1.807) is 7.11 Å². The van der Waals surface area contributed by atoms with Gasteiger partial charge in [-0.3, -0.25) is 0 Å². The molecule has 0 spiro atoms. The van der Waals surface area contributed by atoms with Gasteiger partial charge in [-0.25, -0.2) is 0 Å². The monoisotopic (exact) mass is 144 g/mol. The summed E-state index contributed by atoms with van der Waals surface area (Å²) in [7, 11) is 5.92. The first-order valence-corrected chi connectivity index (χ1v) is 3.59. The lowest BCUT2D eigenvalue weighted by Gasteiger charge is -2.42. The SMILES string of the molecule is COC1(CN(C)C)CNC1. The predicted molar refractivity (Wildman–Crippen MR) is 41.2 cm³/mol. The van der Waals surface area contributed by atoms with Crippen molar-refractivity contribution >= 4 is 0 Å². The third kappa shape index (κ3) is 1.48. The van der Waals surface area contributed by atoms with Gasteiger partial charge in [0.05, 0.1) is 0 Å². The van der Waals surface area contributed by atoms with Gasteiger partial charge in [-0.05, 0) is 14.1 Å². The van der Waals surface area contributed by atoms with Crippen molar-refractivity contribution < 1.29 is 4.74 Å². The molecule has 0 aromatic rings. The Balaban J connectivity index is 2.33. The van der Waals surface area contributed by atoms with Gasteiger partial charge in [-0.15, -0.1) is 0 Å². The van der Waals surface area contributed by atoms with Crippen molar-refractivity contribution in [2.24, 2.45) is 0 Å². The topological polar surface area (TPSA) is 24.5 Å². The summed E-state index contributed by atoms with van der Waals surface area (Å²) < 4.78 is 5.38. The molecule has 0 aromatic carbocycles. The van der Waals surface area contributed by atoms with E-state index < -0.39 is 0 Å². The van der Waals surface area contributed by atoms with Crippen LogP contribution in [0.25, 0.3) is 0 Å². The van der Waals surface area contributed by atoms with Crippen molar-refractivity contribution in [2.45, 2.75) is 5.60 Å². The summed E-state index contributed by atoms with van der Waals surface area (Å²) in [6.07, 6.45) is 0. The molecule has 1 aliphatic rings. The van der Waals surface area contributed by atoms with E-state index in [0.717, 1.165) is 19.6 Å². The zero-order valence-electron chi connectivity index (χ0n) is 6.98. The Morgan fingerprint density at radius 2 is 2.10 bits per heavy atom. The third-order valence-corrected chi connectivity index (χ3v) is 1.93. The van der Waals surface area contributed by atoms with Crippen LogP contribution in [0.3, 0.4) is 0 Å². The summed E-state index contributed by atoms with van der Waals surface area (Å²) in [6.45, 7) is 2.99. The highest BCUT2D eigenvalue weighted by molar-refractivity contribution is 4.95. The minimum atomic E-state index is 0.101. The van der Waals surface area contributed by atoms with Gasteiger partial charge in [-0.1, -0.05) is 0 Å². The molecule has 1 saturated heterocycles. The fourth-order valence-corrected chi connectivity index (χ4v) is 1.30. The second-order valence-corrected chi connectivity index (χ2v) is 3.23. The smallest absolute Gasteiger partial charge is 0.105 e. The van der Waals surface area contributed by atoms with E-state index in [1.807, 2.05) is 0 Å². The van der Waals surface area contributed by atoms with E-state index in [-0.39, 0.29) is 5.60 Å². The van der Waals surface area contributed by atoms with Crippen molar-refractivity contribution in [1.29, 1.82) is 0 Å².